The van der Waals surface area contributed by atoms with Gasteiger partial charge in [0.1, 0.15) is 5.76 Å². The first-order valence-corrected chi connectivity index (χ1v) is 11.2. The molecule has 0 spiro atoms. The van der Waals surface area contributed by atoms with E-state index < -0.39 is 5.54 Å². The van der Waals surface area contributed by atoms with Crippen LogP contribution >= 0.6 is 0 Å². The zero-order valence-corrected chi connectivity index (χ0v) is 18.5. The maximum Gasteiger partial charge on any atom is 0.332 e. The molecule has 8 nitrogen and oxygen atoms in total. The van der Waals surface area contributed by atoms with Crippen LogP contribution in [0.25, 0.3) is 10.9 Å². The minimum Gasteiger partial charge on any atom is -0.467 e. The Morgan fingerprint density at radius 3 is 2.79 bits per heavy atom. The van der Waals surface area contributed by atoms with Crippen molar-refractivity contribution in [1.82, 2.24) is 15.2 Å². The molecular formula is C26H22N4O4. The van der Waals surface area contributed by atoms with Crippen LogP contribution in [0.1, 0.15) is 34.3 Å². The fourth-order valence-corrected chi connectivity index (χ4v) is 5.09. The lowest BCUT2D eigenvalue weighted by atomic mass is 9.87. The molecule has 1 atom stereocenters. The van der Waals surface area contributed by atoms with Crippen molar-refractivity contribution in [3.8, 4) is 0 Å². The highest BCUT2D eigenvalue weighted by atomic mass is 16.3. The van der Waals surface area contributed by atoms with Gasteiger partial charge in [0.2, 0.25) is 0 Å². The van der Waals surface area contributed by atoms with Gasteiger partial charge in [0.25, 0.3) is 11.8 Å². The van der Waals surface area contributed by atoms with Crippen LogP contribution in [0.5, 0.6) is 0 Å². The van der Waals surface area contributed by atoms with E-state index in [1.807, 2.05) is 24.3 Å². The Kier molecular flexibility index (Phi) is 4.38. The molecular weight excluding hydrogens is 432 g/mol. The molecule has 4 amide bonds. The number of rotatable bonds is 4. The molecule has 4 aromatic rings. The van der Waals surface area contributed by atoms with Crippen molar-refractivity contribution >= 4 is 34.4 Å². The molecule has 0 bridgehead atoms. The van der Waals surface area contributed by atoms with Crippen LogP contribution < -0.4 is 10.2 Å². The summed E-state index contributed by atoms with van der Waals surface area (Å²) in [6, 6.07) is 17.6. The number of nitrogens with one attached hydrogen (secondary N) is 2. The number of urea groups is 1. The van der Waals surface area contributed by atoms with Crippen molar-refractivity contribution in [2.45, 2.75) is 25.4 Å². The smallest absolute Gasteiger partial charge is 0.332 e. The van der Waals surface area contributed by atoms with Crippen molar-refractivity contribution in [2.24, 2.45) is 0 Å². The zero-order chi connectivity index (χ0) is 23.4. The normalized spacial score (nSPS) is 19.4. The van der Waals surface area contributed by atoms with Crippen LogP contribution in [0.2, 0.25) is 0 Å². The number of hydrogen-bond donors (Lipinski definition) is 2. The number of imide groups is 1. The van der Waals surface area contributed by atoms with Gasteiger partial charge in [-0.15, -0.1) is 0 Å². The highest BCUT2D eigenvalue weighted by Crippen LogP contribution is 2.45. The van der Waals surface area contributed by atoms with Gasteiger partial charge in [-0.25, -0.2) is 9.69 Å². The molecule has 4 heterocycles. The Hall–Kier alpha value is -4.33. The third-order valence-corrected chi connectivity index (χ3v) is 6.84. The third kappa shape index (κ3) is 2.81. The number of nitrogens with zero attached hydrogens (tertiary/aromatic N) is 2. The minimum absolute atomic E-state index is 0.243. The highest BCUT2D eigenvalue weighted by Gasteiger charge is 2.59. The lowest BCUT2D eigenvalue weighted by Crippen LogP contribution is -2.49. The molecule has 1 fully saturated rings. The molecule has 34 heavy (non-hydrogen) atoms. The van der Waals surface area contributed by atoms with Crippen LogP contribution in [-0.4, -0.2) is 34.3 Å². The molecule has 8 heteroatoms. The number of benzene rings is 2. The second kappa shape index (κ2) is 7.34. The topological polar surface area (TPSA) is 98.7 Å². The molecule has 0 saturated carbocycles. The average Bonchev–Trinajstić information content (AvgIpc) is 3.55. The van der Waals surface area contributed by atoms with Gasteiger partial charge in [0, 0.05) is 23.0 Å². The van der Waals surface area contributed by atoms with E-state index in [2.05, 4.69) is 10.3 Å². The van der Waals surface area contributed by atoms with Crippen LogP contribution in [0.15, 0.2) is 71.3 Å². The molecule has 0 aliphatic carbocycles. The molecule has 1 unspecified atom stereocenters. The number of hydrogen-bond acceptors (Lipinski definition) is 4. The van der Waals surface area contributed by atoms with Crippen molar-refractivity contribution < 1.29 is 18.8 Å². The summed E-state index contributed by atoms with van der Waals surface area (Å²) in [7, 11) is 0. The molecule has 2 aromatic heterocycles. The van der Waals surface area contributed by atoms with Crippen LogP contribution in [0.3, 0.4) is 0 Å². The van der Waals surface area contributed by atoms with Gasteiger partial charge in [0.05, 0.1) is 24.2 Å². The first-order valence-electron chi connectivity index (χ1n) is 11.2. The number of H-pyrrole nitrogens is 1. The van der Waals surface area contributed by atoms with E-state index in [1.54, 1.807) is 54.5 Å². The van der Waals surface area contributed by atoms with E-state index in [1.165, 1.54) is 4.90 Å². The minimum atomic E-state index is -1.14. The van der Waals surface area contributed by atoms with Crippen molar-refractivity contribution in [1.29, 1.82) is 0 Å². The van der Waals surface area contributed by atoms with E-state index in [0.717, 1.165) is 22.2 Å². The standard InChI is InChI=1S/C26H22N4O4/c1-26-22-20(19-9-2-3-10-21(19)28-22)11-12-29(26)25(33)30(24(26)32)17-7-4-6-16(14-17)23(31)27-15-18-8-5-13-34-18/h2-10,13-14,28H,11-12,15H2,1H3,(H,27,31). The SMILES string of the molecule is CC12C(=O)N(c3cccc(C(=O)NCc4ccco4)c3)C(=O)N1CCc1c2[nH]c2ccccc12. The number of aromatic nitrogens is 1. The van der Waals surface area contributed by atoms with E-state index in [9.17, 15) is 14.4 Å². The summed E-state index contributed by atoms with van der Waals surface area (Å²) in [5, 5.41) is 3.87. The number of para-hydroxylation sites is 1. The van der Waals surface area contributed by atoms with E-state index in [0.29, 0.717) is 30.0 Å². The maximum atomic E-state index is 13.8. The third-order valence-electron chi connectivity index (χ3n) is 6.84. The fraction of sp³-hybridized carbons (Fsp3) is 0.192. The Morgan fingerprint density at radius 1 is 1.12 bits per heavy atom. The molecule has 0 radical (unpaired) electrons. The molecule has 2 aromatic carbocycles. The van der Waals surface area contributed by atoms with Crippen LogP contribution in [0.4, 0.5) is 10.5 Å². The molecule has 2 aliphatic rings. The van der Waals surface area contributed by atoms with Gasteiger partial charge in [-0.05, 0) is 55.3 Å². The van der Waals surface area contributed by atoms with Crippen molar-refractivity contribution in [3.05, 3.63) is 89.5 Å². The zero-order valence-electron chi connectivity index (χ0n) is 18.5. The van der Waals surface area contributed by atoms with Crippen molar-refractivity contribution in [2.75, 3.05) is 11.4 Å². The highest BCUT2D eigenvalue weighted by molar-refractivity contribution is 6.24. The lowest BCUT2D eigenvalue weighted by molar-refractivity contribution is -0.125. The number of carbonyl (C=O) groups excluding carboxylic acids is 3. The first kappa shape index (κ1) is 20.3. The summed E-state index contributed by atoms with van der Waals surface area (Å²) >= 11 is 0. The first-order chi connectivity index (χ1) is 16.5. The average molecular weight is 454 g/mol. The predicted octanol–water partition coefficient (Wildman–Crippen LogP) is 3.93. The van der Waals surface area contributed by atoms with Gasteiger partial charge < -0.3 is 19.6 Å². The van der Waals surface area contributed by atoms with Gasteiger partial charge in [0.15, 0.2) is 5.54 Å². The summed E-state index contributed by atoms with van der Waals surface area (Å²) in [5.41, 5.74) is 2.36. The van der Waals surface area contributed by atoms with Gasteiger partial charge in [-0.2, -0.15) is 0 Å². The fourth-order valence-electron chi connectivity index (χ4n) is 5.09. The second-order valence-electron chi connectivity index (χ2n) is 8.73. The lowest BCUT2D eigenvalue weighted by Gasteiger charge is -2.35. The number of aromatic amines is 1. The van der Waals surface area contributed by atoms with E-state index >= 15 is 0 Å². The van der Waals surface area contributed by atoms with Gasteiger partial charge in [-0.3, -0.25) is 9.59 Å². The maximum absolute atomic E-state index is 13.8. The number of amides is 4. The van der Waals surface area contributed by atoms with E-state index in [-0.39, 0.29) is 24.4 Å². The summed E-state index contributed by atoms with van der Waals surface area (Å²) in [6.07, 6.45) is 2.21. The Balaban J connectivity index is 1.34. The molecule has 170 valence electrons. The van der Waals surface area contributed by atoms with Crippen molar-refractivity contribution in [3.63, 3.8) is 0 Å². The molecule has 1 saturated heterocycles. The summed E-state index contributed by atoms with van der Waals surface area (Å²) < 4.78 is 5.25. The quantitative estimate of drug-likeness (QED) is 0.457. The van der Waals surface area contributed by atoms with Crippen LogP contribution in [0, 0.1) is 0 Å². The Bertz CT molecular complexity index is 1450. The number of fused-ring (bicyclic) bond motifs is 5. The van der Waals surface area contributed by atoms with Gasteiger partial charge >= 0.3 is 6.03 Å². The molecule has 2 N–H and O–H groups in total. The summed E-state index contributed by atoms with van der Waals surface area (Å²) in [5.74, 6) is -0.0225. The molecule has 6 rings (SSSR count). The van der Waals surface area contributed by atoms with Crippen LogP contribution in [-0.2, 0) is 23.3 Å². The van der Waals surface area contributed by atoms with Gasteiger partial charge in [-0.1, -0.05) is 24.3 Å². The molecule has 2 aliphatic heterocycles. The second-order valence-corrected chi connectivity index (χ2v) is 8.73. The summed E-state index contributed by atoms with van der Waals surface area (Å²) in [4.78, 5) is 46.1. The number of carbonyl (C=O) groups is 3. The Morgan fingerprint density at radius 2 is 1.97 bits per heavy atom. The largest absolute Gasteiger partial charge is 0.467 e. The monoisotopic (exact) mass is 454 g/mol. The Labute approximate surface area is 195 Å². The van der Waals surface area contributed by atoms with E-state index in [4.69, 9.17) is 4.42 Å². The predicted molar refractivity (Wildman–Crippen MR) is 125 cm³/mol. The number of furan rings is 1. The summed E-state index contributed by atoms with van der Waals surface area (Å²) in [6.45, 7) is 2.48. The number of anilines is 1.